The van der Waals surface area contributed by atoms with Gasteiger partial charge in [-0.3, -0.25) is 0 Å². The fourth-order valence-corrected chi connectivity index (χ4v) is 2.80. The molecule has 156 valence electrons. The number of aromatic amines is 1. The van der Waals surface area contributed by atoms with Gasteiger partial charge >= 0.3 is 6.18 Å². The molecule has 1 aromatic carbocycles. The summed E-state index contributed by atoms with van der Waals surface area (Å²) in [6.07, 6.45) is -1.83. The standard InChI is InChI=1S/C19H11F4N7O/c20-11-5-10(28-15-6-14(19(21,22)23)29-18(25)30-15)1-2-12(11)31-13-3-4-26-17-16(13)9(7-24)8-27-17/h1-6,8H,(H,26,27)(H3,25,28,29,30). The number of aromatic nitrogens is 4. The first kappa shape index (κ1) is 19.9. The molecular weight excluding hydrogens is 418 g/mol. The van der Waals surface area contributed by atoms with Gasteiger partial charge in [0.2, 0.25) is 5.95 Å². The van der Waals surface area contributed by atoms with Crippen molar-refractivity contribution >= 4 is 28.5 Å². The maximum absolute atomic E-state index is 14.6. The number of nitriles is 1. The van der Waals surface area contributed by atoms with Gasteiger partial charge in [0.25, 0.3) is 0 Å². The summed E-state index contributed by atoms with van der Waals surface area (Å²) >= 11 is 0. The van der Waals surface area contributed by atoms with Crippen LogP contribution in [0.3, 0.4) is 0 Å². The minimum atomic E-state index is -4.72. The van der Waals surface area contributed by atoms with E-state index in [1.54, 1.807) is 0 Å². The fraction of sp³-hybridized carbons (Fsp3) is 0.0526. The highest BCUT2D eigenvalue weighted by Gasteiger charge is 2.33. The second-order valence-electron chi connectivity index (χ2n) is 6.21. The van der Waals surface area contributed by atoms with E-state index in [1.165, 1.54) is 30.6 Å². The summed E-state index contributed by atoms with van der Waals surface area (Å²) in [5, 5.41) is 12.1. The van der Waals surface area contributed by atoms with Crippen molar-refractivity contribution in [2.45, 2.75) is 6.18 Å². The zero-order valence-electron chi connectivity index (χ0n) is 15.3. The first-order chi connectivity index (χ1) is 14.7. The summed E-state index contributed by atoms with van der Waals surface area (Å²) in [7, 11) is 0. The molecule has 12 heteroatoms. The van der Waals surface area contributed by atoms with Gasteiger partial charge in [0.1, 0.15) is 23.3 Å². The molecule has 0 aliphatic rings. The van der Waals surface area contributed by atoms with Gasteiger partial charge in [0.15, 0.2) is 17.3 Å². The van der Waals surface area contributed by atoms with E-state index in [-0.39, 0.29) is 28.6 Å². The Hall–Kier alpha value is -4.40. The van der Waals surface area contributed by atoms with Crippen LogP contribution in [0.15, 0.2) is 42.7 Å². The first-order valence-electron chi connectivity index (χ1n) is 8.57. The normalized spacial score (nSPS) is 11.3. The van der Waals surface area contributed by atoms with Crippen LogP contribution in [-0.2, 0) is 6.18 Å². The lowest BCUT2D eigenvalue weighted by Gasteiger charge is -2.12. The number of hydrogen-bond acceptors (Lipinski definition) is 7. The largest absolute Gasteiger partial charge is 0.453 e. The van der Waals surface area contributed by atoms with Crippen molar-refractivity contribution < 1.29 is 22.3 Å². The topological polar surface area (TPSA) is 126 Å². The molecule has 8 nitrogen and oxygen atoms in total. The van der Waals surface area contributed by atoms with Gasteiger partial charge in [-0.05, 0) is 18.2 Å². The average Bonchev–Trinajstić information content (AvgIpc) is 3.13. The Morgan fingerprint density at radius 1 is 1.13 bits per heavy atom. The second-order valence-corrected chi connectivity index (χ2v) is 6.21. The van der Waals surface area contributed by atoms with Crippen LogP contribution in [-0.4, -0.2) is 19.9 Å². The number of nitrogens with zero attached hydrogens (tertiary/aromatic N) is 4. The van der Waals surface area contributed by atoms with Crippen molar-refractivity contribution in [1.29, 1.82) is 5.26 Å². The minimum Gasteiger partial charge on any atom is -0.453 e. The maximum atomic E-state index is 14.6. The first-order valence-corrected chi connectivity index (χ1v) is 8.57. The number of alkyl halides is 3. The Morgan fingerprint density at radius 3 is 2.65 bits per heavy atom. The van der Waals surface area contributed by atoms with Crippen molar-refractivity contribution in [3.63, 3.8) is 0 Å². The number of hydrogen-bond donors (Lipinski definition) is 3. The van der Waals surface area contributed by atoms with Crippen molar-refractivity contribution in [2.75, 3.05) is 11.1 Å². The van der Waals surface area contributed by atoms with Crippen LogP contribution in [0.4, 0.5) is 35.0 Å². The molecule has 4 rings (SSSR count). The van der Waals surface area contributed by atoms with Crippen LogP contribution in [0.5, 0.6) is 11.5 Å². The number of ether oxygens (including phenoxy) is 1. The fourth-order valence-electron chi connectivity index (χ4n) is 2.80. The summed E-state index contributed by atoms with van der Waals surface area (Å²) in [5.74, 6) is -1.60. The van der Waals surface area contributed by atoms with Crippen LogP contribution in [0.25, 0.3) is 11.0 Å². The molecule has 0 fully saturated rings. The summed E-state index contributed by atoms with van der Waals surface area (Å²) in [6.45, 7) is 0. The van der Waals surface area contributed by atoms with Crippen molar-refractivity contribution in [3.8, 4) is 17.6 Å². The molecule has 0 amide bonds. The monoisotopic (exact) mass is 429 g/mol. The highest BCUT2D eigenvalue weighted by atomic mass is 19.4. The summed E-state index contributed by atoms with van der Waals surface area (Å²) < 4.78 is 58.8. The van der Waals surface area contributed by atoms with E-state index in [4.69, 9.17) is 10.5 Å². The molecule has 0 atom stereocenters. The molecule has 0 aliphatic heterocycles. The Kier molecular flexibility index (Phi) is 4.78. The number of nitrogens with one attached hydrogen (secondary N) is 2. The molecule has 0 bridgehead atoms. The lowest BCUT2D eigenvalue weighted by Crippen LogP contribution is -2.12. The predicted molar refractivity (Wildman–Crippen MR) is 102 cm³/mol. The molecule has 3 aromatic heterocycles. The molecule has 0 saturated carbocycles. The van der Waals surface area contributed by atoms with Gasteiger partial charge in [-0.15, -0.1) is 0 Å². The quantitative estimate of drug-likeness (QED) is 0.408. The third kappa shape index (κ3) is 4.01. The highest BCUT2D eigenvalue weighted by Crippen LogP contribution is 2.34. The average molecular weight is 429 g/mol. The Morgan fingerprint density at radius 2 is 1.94 bits per heavy atom. The molecule has 0 unspecified atom stereocenters. The summed E-state index contributed by atoms with van der Waals surface area (Å²) in [4.78, 5) is 13.7. The van der Waals surface area contributed by atoms with Gasteiger partial charge < -0.3 is 20.8 Å². The third-order valence-electron chi connectivity index (χ3n) is 4.11. The SMILES string of the molecule is N#Cc1c[nH]c2nccc(Oc3ccc(Nc4cc(C(F)(F)F)nc(N)n4)cc3F)c12. The van der Waals surface area contributed by atoms with Crippen LogP contribution in [0.2, 0.25) is 0 Å². The number of nitrogens with two attached hydrogens (primary N) is 1. The van der Waals surface area contributed by atoms with E-state index in [0.29, 0.717) is 17.1 Å². The molecule has 3 heterocycles. The van der Waals surface area contributed by atoms with E-state index in [0.717, 1.165) is 6.07 Å². The summed E-state index contributed by atoms with van der Waals surface area (Å²) in [5.41, 5.74) is 4.87. The summed E-state index contributed by atoms with van der Waals surface area (Å²) in [6, 6.07) is 7.79. The number of rotatable bonds is 4. The molecule has 0 saturated heterocycles. The third-order valence-corrected chi connectivity index (χ3v) is 4.11. The predicted octanol–water partition coefficient (Wildman–Crippen LogP) is 4.50. The van der Waals surface area contributed by atoms with Gasteiger partial charge in [-0.1, -0.05) is 0 Å². The number of nitrogen functional groups attached to an aromatic ring is 1. The molecule has 0 spiro atoms. The molecule has 31 heavy (non-hydrogen) atoms. The highest BCUT2D eigenvalue weighted by molar-refractivity contribution is 5.88. The van der Waals surface area contributed by atoms with E-state index in [9.17, 15) is 22.8 Å². The van der Waals surface area contributed by atoms with Gasteiger partial charge in [0.05, 0.1) is 10.9 Å². The number of halogens is 4. The number of pyridine rings is 1. The molecule has 4 aromatic rings. The Balaban J connectivity index is 1.61. The Bertz CT molecular complexity index is 1330. The molecule has 4 N–H and O–H groups in total. The minimum absolute atomic E-state index is 0.107. The van der Waals surface area contributed by atoms with Gasteiger partial charge in [0, 0.05) is 30.2 Å². The zero-order chi connectivity index (χ0) is 22.2. The lowest BCUT2D eigenvalue weighted by molar-refractivity contribution is -0.141. The number of benzene rings is 1. The number of anilines is 3. The van der Waals surface area contributed by atoms with E-state index in [2.05, 4.69) is 25.3 Å². The smallest absolute Gasteiger partial charge is 0.433 e. The molecular formula is C19H11F4N7O. The lowest BCUT2D eigenvalue weighted by atomic mass is 10.2. The van der Waals surface area contributed by atoms with Crippen LogP contribution in [0, 0.1) is 17.1 Å². The van der Waals surface area contributed by atoms with Crippen LogP contribution < -0.4 is 15.8 Å². The molecule has 0 aliphatic carbocycles. The van der Waals surface area contributed by atoms with Crippen LogP contribution >= 0.6 is 0 Å². The second kappa shape index (κ2) is 7.45. The van der Waals surface area contributed by atoms with E-state index >= 15 is 0 Å². The number of H-pyrrole nitrogens is 1. The van der Waals surface area contributed by atoms with E-state index < -0.39 is 23.6 Å². The van der Waals surface area contributed by atoms with Crippen molar-refractivity contribution in [2.24, 2.45) is 0 Å². The van der Waals surface area contributed by atoms with Crippen molar-refractivity contribution in [1.82, 2.24) is 19.9 Å². The van der Waals surface area contributed by atoms with Crippen LogP contribution in [0.1, 0.15) is 11.3 Å². The maximum Gasteiger partial charge on any atom is 0.433 e. The molecule has 0 radical (unpaired) electrons. The van der Waals surface area contributed by atoms with E-state index in [1.807, 2.05) is 6.07 Å². The van der Waals surface area contributed by atoms with Crippen molar-refractivity contribution in [3.05, 3.63) is 59.8 Å². The van der Waals surface area contributed by atoms with Gasteiger partial charge in [-0.2, -0.15) is 23.4 Å². The van der Waals surface area contributed by atoms with Gasteiger partial charge in [-0.25, -0.2) is 14.4 Å². The zero-order valence-corrected chi connectivity index (χ0v) is 15.3. The number of fused-ring (bicyclic) bond motifs is 1. The Labute approximate surface area is 171 Å².